The van der Waals surface area contributed by atoms with Crippen molar-refractivity contribution in [3.63, 3.8) is 0 Å². The van der Waals surface area contributed by atoms with Crippen LogP contribution in [0.15, 0.2) is 84.9 Å². The lowest BCUT2D eigenvalue weighted by molar-refractivity contribution is 0.410. The predicted molar refractivity (Wildman–Crippen MR) is 97.1 cm³/mol. The van der Waals surface area contributed by atoms with Gasteiger partial charge in [0.15, 0.2) is 23.0 Å². The first-order valence-electron chi connectivity index (χ1n) is 7.55. The highest BCUT2D eigenvalue weighted by atomic mass is 31.1. The summed E-state index contributed by atoms with van der Waals surface area (Å²) in [5.74, 6) is 1.55. The number of para-hydroxylation sites is 2. The molecule has 8 heteroatoms. The van der Waals surface area contributed by atoms with Gasteiger partial charge in [0.1, 0.15) is 0 Å². The minimum Gasteiger partial charge on any atom is -0.222 e. The van der Waals surface area contributed by atoms with Crippen LogP contribution in [-0.2, 0) is 9.13 Å². The second kappa shape index (κ2) is 8.95. The lowest BCUT2D eigenvalue weighted by Gasteiger charge is -1.96. The van der Waals surface area contributed by atoms with E-state index in [1.807, 2.05) is 12.1 Å². The van der Waals surface area contributed by atoms with E-state index in [0.29, 0.717) is 23.0 Å². The summed E-state index contributed by atoms with van der Waals surface area (Å²) in [4.78, 5) is 0. The lowest BCUT2D eigenvalue weighted by Crippen LogP contribution is -1.90. The largest absolute Gasteiger partial charge is 0.805 e. The molecule has 0 bridgehead atoms. The summed E-state index contributed by atoms with van der Waals surface area (Å²) < 4.78 is 44.4. The minimum atomic E-state index is -2.37. The zero-order valence-electron chi connectivity index (χ0n) is 13.4. The van der Waals surface area contributed by atoms with Gasteiger partial charge in [0.25, 0.3) is 0 Å². The highest BCUT2D eigenvalue weighted by Crippen LogP contribution is 2.34. The smallest absolute Gasteiger partial charge is 0.222 e. The molecule has 3 rings (SSSR count). The average Bonchev–Trinajstić information content (AvgIpc) is 2.65. The van der Waals surface area contributed by atoms with E-state index < -0.39 is 16.5 Å². The number of hydrogen-bond donors (Lipinski definition) is 0. The summed E-state index contributed by atoms with van der Waals surface area (Å²) in [5.41, 5.74) is 0. The van der Waals surface area contributed by atoms with E-state index in [1.165, 1.54) is 24.3 Å². The molecule has 3 aromatic rings. The van der Waals surface area contributed by atoms with E-state index in [0.717, 1.165) is 0 Å². The summed E-state index contributed by atoms with van der Waals surface area (Å²) in [6.45, 7) is 0. The second-order valence-electron chi connectivity index (χ2n) is 4.91. The fraction of sp³-hybridized carbons (Fsp3) is 0. The van der Waals surface area contributed by atoms with Crippen molar-refractivity contribution >= 4 is 16.5 Å². The Morgan fingerprint density at radius 1 is 0.423 bits per heavy atom. The molecule has 0 aromatic heterocycles. The number of benzene rings is 3. The van der Waals surface area contributed by atoms with Crippen LogP contribution >= 0.6 is 16.5 Å². The Morgan fingerprint density at radius 3 is 1.00 bits per heavy atom. The molecule has 0 radical (unpaired) electrons. The van der Waals surface area contributed by atoms with Crippen LogP contribution in [-0.4, -0.2) is 0 Å². The molecule has 2 unspecified atom stereocenters. The van der Waals surface area contributed by atoms with Gasteiger partial charge in [0.2, 0.25) is 0 Å². The topological polar surface area (TPSA) is 71.1 Å². The summed E-state index contributed by atoms with van der Waals surface area (Å²) in [7, 11) is -4.73. The van der Waals surface area contributed by atoms with E-state index in [1.54, 1.807) is 48.5 Å². The molecular weight excluding hydrogens is 374 g/mol. The Balaban J connectivity index is 1.51. The molecule has 3 aromatic carbocycles. The molecule has 0 heterocycles. The molecule has 130 valence electrons. The summed E-state index contributed by atoms with van der Waals surface area (Å²) in [6, 6.07) is 23.6. The van der Waals surface area contributed by atoms with Crippen molar-refractivity contribution < 1.29 is 27.2 Å². The Labute approximate surface area is 152 Å². The molecule has 0 fully saturated rings. The first-order chi connectivity index (χ1) is 12.7. The van der Waals surface area contributed by atoms with Crippen molar-refractivity contribution in [1.82, 2.24) is 0 Å². The predicted octanol–water partition coefficient (Wildman–Crippen LogP) is 5.92. The molecule has 2 atom stereocenters. The molecule has 26 heavy (non-hydrogen) atoms. The molecule has 0 N–H and O–H groups in total. The van der Waals surface area contributed by atoms with Gasteiger partial charge in [0.05, 0.1) is 0 Å². The first-order valence-corrected chi connectivity index (χ1v) is 9.75. The van der Waals surface area contributed by atoms with Gasteiger partial charge in [-0.15, -0.1) is 0 Å². The standard InChI is InChI=1S/C18H14O6P2/c19-25(21-15-7-3-1-4-8-15)23-17-11-13-18(14-12-17)24-26(20)22-16-9-5-2-6-10-16/h1-14H/q+2. The van der Waals surface area contributed by atoms with Crippen LogP contribution in [0, 0.1) is 0 Å². The quantitative estimate of drug-likeness (QED) is 0.446. The third kappa shape index (κ3) is 5.55. The molecule has 0 aliphatic rings. The van der Waals surface area contributed by atoms with Crippen LogP contribution in [0.5, 0.6) is 23.0 Å². The van der Waals surface area contributed by atoms with Crippen LogP contribution in [0.4, 0.5) is 0 Å². The van der Waals surface area contributed by atoms with Gasteiger partial charge in [-0.2, -0.15) is 0 Å². The van der Waals surface area contributed by atoms with E-state index in [-0.39, 0.29) is 0 Å². The van der Waals surface area contributed by atoms with Crippen molar-refractivity contribution in [3.05, 3.63) is 84.9 Å². The molecule has 0 aliphatic carbocycles. The minimum absolute atomic E-state index is 0.327. The summed E-state index contributed by atoms with van der Waals surface area (Å²) >= 11 is 0. The van der Waals surface area contributed by atoms with Crippen LogP contribution in [0.1, 0.15) is 0 Å². The maximum Gasteiger partial charge on any atom is 0.805 e. The molecular formula is C18H14O6P2+2. The van der Waals surface area contributed by atoms with E-state index in [9.17, 15) is 9.13 Å². The Morgan fingerprint density at radius 2 is 0.692 bits per heavy atom. The van der Waals surface area contributed by atoms with Crippen LogP contribution < -0.4 is 18.1 Å². The van der Waals surface area contributed by atoms with Gasteiger partial charge in [-0.1, -0.05) is 36.4 Å². The third-order valence-electron chi connectivity index (χ3n) is 3.03. The lowest BCUT2D eigenvalue weighted by atomic mass is 10.3. The maximum atomic E-state index is 11.9. The molecule has 0 saturated heterocycles. The molecule has 0 amide bonds. The Bertz CT molecular complexity index is 795. The van der Waals surface area contributed by atoms with E-state index >= 15 is 0 Å². The zero-order chi connectivity index (χ0) is 18.2. The molecule has 0 spiro atoms. The van der Waals surface area contributed by atoms with Crippen LogP contribution in [0.2, 0.25) is 0 Å². The van der Waals surface area contributed by atoms with Gasteiger partial charge >= 0.3 is 16.5 Å². The van der Waals surface area contributed by atoms with Crippen molar-refractivity contribution in [3.8, 4) is 23.0 Å². The van der Waals surface area contributed by atoms with E-state index in [2.05, 4.69) is 0 Å². The maximum absolute atomic E-state index is 11.9. The van der Waals surface area contributed by atoms with Crippen molar-refractivity contribution in [2.75, 3.05) is 0 Å². The Kier molecular flexibility index (Phi) is 6.15. The van der Waals surface area contributed by atoms with Gasteiger partial charge in [-0.3, -0.25) is 0 Å². The second-order valence-corrected chi connectivity index (χ2v) is 6.53. The van der Waals surface area contributed by atoms with Crippen LogP contribution in [0.3, 0.4) is 0 Å². The van der Waals surface area contributed by atoms with Gasteiger partial charge in [-0.05, 0) is 48.5 Å². The highest BCUT2D eigenvalue weighted by Gasteiger charge is 2.26. The van der Waals surface area contributed by atoms with Crippen molar-refractivity contribution in [2.24, 2.45) is 0 Å². The SMILES string of the molecule is O=[P+](Oc1ccccc1)Oc1ccc(O[P+](=O)Oc2ccccc2)cc1. The number of rotatable bonds is 8. The fourth-order valence-corrected chi connectivity index (χ4v) is 3.16. The van der Waals surface area contributed by atoms with Crippen LogP contribution in [0.25, 0.3) is 0 Å². The van der Waals surface area contributed by atoms with Crippen molar-refractivity contribution in [1.29, 1.82) is 0 Å². The molecule has 6 nitrogen and oxygen atoms in total. The molecule has 0 aliphatic heterocycles. The van der Waals surface area contributed by atoms with Gasteiger partial charge < -0.3 is 0 Å². The Hall–Kier alpha value is -2.94. The average molecular weight is 388 g/mol. The highest BCUT2D eigenvalue weighted by molar-refractivity contribution is 7.34. The zero-order valence-corrected chi connectivity index (χ0v) is 15.2. The monoisotopic (exact) mass is 388 g/mol. The molecule has 0 saturated carbocycles. The van der Waals surface area contributed by atoms with Gasteiger partial charge in [-0.25, -0.2) is 18.1 Å². The van der Waals surface area contributed by atoms with E-state index in [4.69, 9.17) is 18.1 Å². The van der Waals surface area contributed by atoms with Gasteiger partial charge in [0, 0.05) is 9.13 Å². The summed E-state index contributed by atoms with van der Waals surface area (Å²) in [6.07, 6.45) is 0. The normalized spacial score (nSPS) is 11.2. The third-order valence-corrected chi connectivity index (χ3v) is 4.47. The van der Waals surface area contributed by atoms with Crippen molar-refractivity contribution in [2.45, 2.75) is 0 Å². The fourth-order valence-electron chi connectivity index (χ4n) is 1.91. The summed E-state index contributed by atoms with van der Waals surface area (Å²) in [5, 5.41) is 0. The first kappa shape index (κ1) is 17.9. The number of hydrogen-bond acceptors (Lipinski definition) is 6.